The molecule has 1 N–H and O–H groups in total. The highest BCUT2D eigenvalue weighted by Gasteiger charge is 2.12. The number of benzene rings is 2. The number of carbonyl (C=O) groups is 1. The number of nitrogens with one attached hydrogen (secondary N) is 1. The Hall–Kier alpha value is -3.08. The molecule has 3 aromatic rings. The molecule has 0 saturated heterocycles. The molecule has 0 bridgehead atoms. The second kappa shape index (κ2) is 7.00. The molecule has 0 saturated carbocycles. The number of para-hydroxylation sites is 1. The van der Waals surface area contributed by atoms with E-state index in [1.165, 1.54) is 7.11 Å². The second-order valence-electron chi connectivity index (χ2n) is 5.15. The minimum atomic E-state index is -0.463. The maximum absolute atomic E-state index is 11.8. The van der Waals surface area contributed by atoms with E-state index in [0.717, 1.165) is 28.0 Å². The zero-order chi connectivity index (χ0) is 16.9. The van der Waals surface area contributed by atoms with Crippen molar-refractivity contribution in [1.29, 1.82) is 0 Å². The Morgan fingerprint density at radius 2 is 1.88 bits per heavy atom. The lowest BCUT2D eigenvalue weighted by molar-refractivity contribution is 0.0594. The summed E-state index contributed by atoms with van der Waals surface area (Å²) in [6, 6.07) is 17.0. The molecule has 5 heteroatoms. The largest absolute Gasteiger partial charge is 0.494 e. The van der Waals surface area contributed by atoms with E-state index >= 15 is 0 Å². The first-order valence-electron chi connectivity index (χ1n) is 7.69. The van der Waals surface area contributed by atoms with Gasteiger partial charge in [0.05, 0.1) is 24.9 Å². The molecule has 0 amide bonds. The Kier molecular flexibility index (Phi) is 4.61. The van der Waals surface area contributed by atoms with Gasteiger partial charge in [0, 0.05) is 11.1 Å². The van der Waals surface area contributed by atoms with Gasteiger partial charge in [-0.3, -0.25) is 0 Å². The SMILES string of the molecule is CCOc1ccc(Nc2cc(C(=O)OC)nc3ccccc23)cc1. The van der Waals surface area contributed by atoms with Crippen molar-refractivity contribution in [3.05, 3.63) is 60.3 Å². The average Bonchev–Trinajstić information content (AvgIpc) is 2.62. The fourth-order valence-electron chi connectivity index (χ4n) is 2.44. The summed E-state index contributed by atoms with van der Waals surface area (Å²) < 4.78 is 10.2. The number of pyridine rings is 1. The molecule has 0 radical (unpaired) electrons. The fourth-order valence-corrected chi connectivity index (χ4v) is 2.44. The average molecular weight is 322 g/mol. The first kappa shape index (κ1) is 15.8. The number of rotatable bonds is 5. The molecule has 1 heterocycles. The molecular formula is C19H18N2O3. The Balaban J connectivity index is 1.99. The summed E-state index contributed by atoms with van der Waals surface area (Å²) in [7, 11) is 1.35. The van der Waals surface area contributed by atoms with Gasteiger partial charge >= 0.3 is 5.97 Å². The van der Waals surface area contributed by atoms with E-state index in [0.29, 0.717) is 6.61 Å². The van der Waals surface area contributed by atoms with E-state index < -0.39 is 5.97 Å². The third kappa shape index (κ3) is 3.30. The third-order valence-corrected chi connectivity index (χ3v) is 3.56. The van der Waals surface area contributed by atoms with E-state index in [1.807, 2.05) is 55.5 Å². The molecule has 1 aromatic heterocycles. The monoisotopic (exact) mass is 322 g/mol. The highest BCUT2D eigenvalue weighted by molar-refractivity contribution is 5.98. The second-order valence-corrected chi connectivity index (χ2v) is 5.15. The predicted octanol–water partition coefficient (Wildman–Crippen LogP) is 4.16. The summed E-state index contributed by atoms with van der Waals surface area (Å²) in [5.41, 5.74) is 2.69. The molecule has 24 heavy (non-hydrogen) atoms. The van der Waals surface area contributed by atoms with Crippen LogP contribution in [0.15, 0.2) is 54.6 Å². The van der Waals surface area contributed by atoms with Crippen molar-refractivity contribution in [2.75, 3.05) is 19.0 Å². The van der Waals surface area contributed by atoms with E-state index in [1.54, 1.807) is 6.07 Å². The summed E-state index contributed by atoms with van der Waals surface area (Å²) in [6.07, 6.45) is 0. The van der Waals surface area contributed by atoms with Crippen LogP contribution in [0.1, 0.15) is 17.4 Å². The van der Waals surface area contributed by atoms with Gasteiger partial charge in [-0.25, -0.2) is 9.78 Å². The quantitative estimate of drug-likeness (QED) is 0.715. The summed E-state index contributed by atoms with van der Waals surface area (Å²) in [5, 5.41) is 4.26. The van der Waals surface area contributed by atoms with Gasteiger partial charge in [-0.05, 0) is 43.3 Å². The van der Waals surface area contributed by atoms with Gasteiger partial charge in [-0.15, -0.1) is 0 Å². The first-order chi connectivity index (χ1) is 11.7. The van der Waals surface area contributed by atoms with Crippen LogP contribution in [0.2, 0.25) is 0 Å². The van der Waals surface area contributed by atoms with Crippen LogP contribution >= 0.6 is 0 Å². The zero-order valence-corrected chi connectivity index (χ0v) is 13.6. The van der Waals surface area contributed by atoms with E-state index in [9.17, 15) is 4.79 Å². The van der Waals surface area contributed by atoms with Crippen molar-refractivity contribution in [2.45, 2.75) is 6.92 Å². The number of hydrogen-bond donors (Lipinski definition) is 1. The van der Waals surface area contributed by atoms with Crippen LogP contribution in [0, 0.1) is 0 Å². The van der Waals surface area contributed by atoms with Crippen LogP contribution in [0.3, 0.4) is 0 Å². The van der Waals surface area contributed by atoms with Crippen molar-refractivity contribution >= 4 is 28.2 Å². The number of ether oxygens (including phenoxy) is 2. The molecule has 3 rings (SSSR count). The molecular weight excluding hydrogens is 304 g/mol. The van der Waals surface area contributed by atoms with Crippen LogP contribution in [0.5, 0.6) is 5.75 Å². The molecule has 5 nitrogen and oxygen atoms in total. The number of methoxy groups -OCH3 is 1. The van der Waals surface area contributed by atoms with Gasteiger partial charge in [0.15, 0.2) is 5.69 Å². The van der Waals surface area contributed by atoms with Crippen molar-refractivity contribution in [2.24, 2.45) is 0 Å². The fraction of sp³-hybridized carbons (Fsp3) is 0.158. The molecule has 0 aliphatic carbocycles. The minimum Gasteiger partial charge on any atom is -0.494 e. The van der Waals surface area contributed by atoms with Crippen LogP contribution in [0.4, 0.5) is 11.4 Å². The number of carbonyl (C=O) groups excluding carboxylic acids is 1. The van der Waals surface area contributed by atoms with E-state index in [2.05, 4.69) is 10.3 Å². The van der Waals surface area contributed by atoms with Crippen molar-refractivity contribution in [3.63, 3.8) is 0 Å². The molecule has 2 aromatic carbocycles. The summed E-state index contributed by atoms with van der Waals surface area (Å²) in [6.45, 7) is 2.58. The molecule has 0 unspecified atom stereocenters. The third-order valence-electron chi connectivity index (χ3n) is 3.56. The van der Waals surface area contributed by atoms with Crippen LogP contribution in [0.25, 0.3) is 10.9 Å². The number of nitrogens with zero attached hydrogens (tertiary/aromatic N) is 1. The summed E-state index contributed by atoms with van der Waals surface area (Å²) in [5.74, 6) is 0.355. The van der Waals surface area contributed by atoms with Crippen molar-refractivity contribution in [1.82, 2.24) is 4.98 Å². The van der Waals surface area contributed by atoms with Crippen LogP contribution in [-0.2, 0) is 4.74 Å². The van der Waals surface area contributed by atoms with Gasteiger partial charge in [-0.1, -0.05) is 18.2 Å². The molecule has 0 aliphatic rings. The van der Waals surface area contributed by atoms with E-state index in [4.69, 9.17) is 9.47 Å². The Bertz CT molecular complexity index is 860. The lowest BCUT2D eigenvalue weighted by atomic mass is 10.1. The van der Waals surface area contributed by atoms with Crippen molar-refractivity contribution < 1.29 is 14.3 Å². The number of aromatic nitrogens is 1. The molecule has 122 valence electrons. The minimum absolute atomic E-state index is 0.268. The van der Waals surface area contributed by atoms with E-state index in [-0.39, 0.29) is 5.69 Å². The number of anilines is 2. The number of hydrogen-bond acceptors (Lipinski definition) is 5. The molecule has 0 atom stereocenters. The van der Waals surface area contributed by atoms with Crippen molar-refractivity contribution in [3.8, 4) is 5.75 Å². The zero-order valence-electron chi connectivity index (χ0n) is 13.6. The van der Waals surface area contributed by atoms with Gasteiger partial charge in [0.2, 0.25) is 0 Å². The molecule has 0 fully saturated rings. The highest BCUT2D eigenvalue weighted by atomic mass is 16.5. The molecule has 0 aliphatic heterocycles. The van der Waals surface area contributed by atoms with Gasteiger partial charge < -0.3 is 14.8 Å². The Morgan fingerprint density at radius 1 is 1.12 bits per heavy atom. The lowest BCUT2D eigenvalue weighted by Crippen LogP contribution is -2.05. The van der Waals surface area contributed by atoms with Crippen LogP contribution < -0.4 is 10.1 Å². The number of esters is 1. The Morgan fingerprint density at radius 3 is 2.58 bits per heavy atom. The lowest BCUT2D eigenvalue weighted by Gasteiger charge is -2.12. The van der Waals surface area contributed by atoms with Gasteiger partial charge in [-0.2, -0.15) is 0 Å². The summed E-state index contributed by atoms with van der Waals surface area (Å²) >= 11 is 0. The van der Waals surface area contributed by atoms with Crippen LogP contribution in [-0.4, -0.2) is 24.7 Å². The maximum Gasteiger partial charge on any atom is 0.356 e. The number of fused-ring (bicyclic) bond motifs is 1. The predicted molar refractivity (Wildman–Crippen MR) is 94.0 cm³/mol. The maximum atomic E-state index is 11.8. The standard InChI is InChI=1S/C19H18N2O3/c1-3-24-14-10-8-13(9-11-14)20-17-12-18(19(22)23-2)21-16-7-5-4-6-15(16)17/h4-12H,3H2,1-2H3,(H,20,21). The molecule has 0 spiro atoms. The highest BCUT2D eigenvalue weighted by Crippen LogP contribution is 2.27. The normalized spacial score (nSPS) is 10.4. The summed E-state index contributed by atoms with van der Waals surface area (Å²) in [4.78, 5) is 16.2. The van der Waals surface area contributed by atoms with Gasteiger partial charge in [0.25, 0.3) is 0 Å². The van der Waals surface area contributed by atoms with Gasteiger partial charge in [0.1, 0.15) is 5.75 Å². The smallest absolute Gasteiger partial charge is 0.356 e. The Labute approximate surface area is 140 Å². The first-order valence-corrected chi connectivity index (χ1v) is 7.69. The topological polar surface area (TPSA) is 60.5 Å².